The second kappa shape index (κ2) is 9.94. The van der Waals surface area contributed by atoms with Crippen LogP contribution in [-0.4, -0.2) is 47.5 Å². The van der Waals surface area contributed by atoms with Gasteiger partial charge in [-0.2, -0.15) is 0 Å². The highest BCUT2D eigenvalue weighted by molar-refractivity contribution is 5.92. The Hall–Kier alpha value is -1.58. The molecule has 144 valence electrons. The highest BCUT2D eigenvalue weighted by atomic mass is 16.1. The lowest BCUT2D eigenvalue weighted by molar-refractivity contribution is -0.119. The summed E-state index contributed by atoms with van der Waals surface area (Å²) < 4.78 is 0. The molecule has 2 saturated carbocycles. The molecule has 3 fully saturated rings. The molecule has 0 spiro atoms. The number of nitrogens with zero attached hydrogens (tertiary/aromatic N) is 2. The summed E-state index contributed by atoms with van der Waals surface area (Å²) in [6.07, 6.45) is 19.2. The fourth-order valence-electron chi connectivity index (χ4n) is 4.44. The van der Waals surface area contributed by atoms with Gasteiger partial charge in [0.2, 0.25) is 0 Å². The molecule has 2 aliphatic carbocycles. The first-order chi connectivity index (χ1) is 12.7. The van der Waals surface area contributed by atoms with Crippen LogP contribution in [0.15, 0.2) is 24.6 Å². The minimum absolute atomic E-state index is 0.259. The number of carbonyl (C=O) groups excluding carboxylic acids is 2. The van der Waals surface area contributed by atoms with Gasteiger partial charge in [0.25, 0.3) is 0 Å². The summed E-state index contributed by atoms with van der Waals surface area (Å²) in [7, 11) is 0. The maximum Gasteiger partial charge on any atom is 0.160 e. The molecule has 1 heterocycles. The number of piperazine rings is 1. The zero-order chi connectivity index (χ0) is 18.2. The van der Waals surface area contributed by atoms with Gasteiger partial charge in [-0.05, 0) is 37.8 Å². The SMILES string of the molecule is O=C(/C=C/N1CCN(/C=C/C(=O)C2CCCCC2)CC1)C1CCCCC1. The molecule has 1 saturated heterocycles. The summed E-state index contributed by atoms with van der Waals surface area (Å²) in [6, 6.07) is 0. The van der Waals surface area contributed by atoms with Gasteiger partial charge in [0.1, 0.15) is 0 Å². The van der Waals surface area contributed by atoms with Crippen molar-refractivity contribution in [2.24, 2.45) is 11.8 Å². The lowest BCUT2D eigenvalue weighted by atomic mass is 9.86. The van der Waals surface area contributed by atoms with Crippen molar-refractivity contribution in [2.45, 2.75) is 64.2 Å². The largest absolute Gasteiger partial charge is 0.374 e. The van der Waals surface area contributed by atoms with Gasteiger partial charge in [0.15, 0.2) is 11.6 Å². The van der Waals surface area contributed by atoms with Crippen molar-refractivity contribution >= 4 is 11.6 Å². The molecule has 0 aromatic heterocycles. The van der Waals surface area contributed by atoms with Crippen LogP contribution < -0.4 is 0 Å². The number of allylic oxidation sites excluding steroid dienone is 2. The molecular formula is C22H34N2O2. The van der Waals surface area contributed by atoms with Gasteiger partial charge in [-0.15, -0.1) is 0 Å². The minimum atomic E-state index is 0.259. The first-order valence-electron chi connectivity index (χ1n) is 10.6. The molecule has 4 nitrogen and oxygen atoms in total. The van der Waals surface area contributed by atoms with Crippen molar-refractivity contribution in [2.75, 3.05) is 26.2 Å². The average molecular weight is 359 g/mol. The lowest BCUT2D eigenvalue weighted by Crippen LogP contribution is -2.41. The number of ketones is 2. The Morgan fingerprint density at radius 3 is 1.27 bits per heavy atom. The van der Waals surface area contributed by atoms with Crippen LogP contribution in [0.25, 0.3) is 0 Å². The molecule has 3 aliphatic rings. The second-order valence-corrected chi connectivity index (χ2v) is 8.18. The molecule has 1 aliphatic heterocycles. The number of rotatable bonds is 6. The number of hydrogen-bond acceptors (Lipinski definition) is 4. The predicted octanol–water partition coefficient (Wildman–Crippen LogP) is 3.93. The van der Waals surface area contributed by atoms with E-state index in [1.807, 2.05) is 12.4 Å². The van der Waals surface area contributed by atoms with Crippen LogP contribution in [0.4, 0.5) is 0 Å². The second-order valence-electron chi connectivity index (χ2n) is 8.18. The van der Waals surface area contributed by atoms with Crippen LogP contribution in [0.2, 0.25) is 0 Å². The van der Waals surface area contributed by atoms with Crippen LogP contribution in [0, 0.1) is 11.8 Å². The average Bonchev–Trinajstić information content (AvgIpc) is 2.72. The summed E-state index contributed by atoms with van der Waals surface area (Å²) in [4.78, 5) is 29.0. The molecular weight excluding hydrogens is 324 g/mol. The monoisotopic (exact) mass is 358 g/mol. The molecule has 0 atom stereocenters. The van der Waals surface area contributed by atoms with Crippen molar-refractivity contribution in [3.05, 3.63) is 24.6 Å². The van der Waals surface area contributed by atoms with Gasteiger partial charge in [0, 0.05) is 50.4 Å². The topological polar surface area (TPSA) is 40.6 Å². The summed E-state index contributed by atoms with van der Waals surface area (Å²) in [6.45, 7) is 3.65. The zero-order valence-corrected chi connectivity index (χ0v) is 16.1. The third kappa shape index (κ3) is 5.72. The van der Waals surface area contributed by atoms with E-state index in [4.69, 9.17) is 0 Å². The van der Waals surface area contributed by atoms with Crippen molar-refractivity contribution in [1.82, 2.24) is 9.80 Å². The molecule has 0 unspecified atom stereocenters. The van der Waals surface area contributed by atoms with E-state index in [9.17, 15) is 9.59 Å². The van der Waals surface area contributed by atoms with Gasteiger partial charge < -0.3 is 9.80 Å². The lowest BCUT2D eigenvalue weighted by Gasteiger charge is -2.33. The fourth-order valence-corrected chi connectivity index (χ4v) is 4.44. The van der Waals surface area contributed by atoms with E-state index in [2.05, 4.69) is 9.80 Å². The van der Waals surface area contributed by atoms with Gasteiger partial charge >= 0.3 is 0 Å². The van der Waals surface area contributed by atoms with Gasteiger partial charge in [-0.1, -0.05) is 38.5 Å². The Morgan fingerprint density at radius 2 is 0.923 bits per heavy atom. The first kappa shape index (κ1) is 19.2. The maximum absolute atomic E-state index is 12.3. The van der Waals surface area contributed by atoms with Crippen LogP contribution in [0.1, 0.15) is 64.2 Å². The molecule has 3 rings (SSSR count). The van der Waals surface area contributed by atoms with Gasteiger partial charge in [0.05, 0.1) is 0 Å². The Kier molecular flexibility index (Phi) is 7.33. The van der Waals surface area contributed by atoms with Crippen molar-refractivity contribution in [3.8, 4) is 0 Å². The fraction of sp³-hybridized carbons (Fsp3) is 0.727. The van der Waals surface area contributed by atoms with E-state index in [0.29, 0.717) is 11.6 Å². The minimum Gasteiger partial charge on any atom is -0.374 e. The smallest absolute Gasteiger partial charge is 0.160 e. The predicted molar refractivity (Wildman–Crippen MR) is 105 cm³/mol. The molecule has 0 amide bonds. The summed E-state index contributed by atoms with van der Waals surface area (Å²) in [5.41, 5.74) is 0. The molecule has 0 aromatic carbocycles. The highest BCUT2D eigenvalue weighted by Crippen LogP contribution is 2.25. The number of carbonyl (C=O) groups is 2. The molecule has 26 heavy (non-hydrogen) atoms. The van der Waals surface area contributed by atoms with Crippen molar-refractivity contribution in [1.29, 1.82) is 0 Å². The Morgan fingerprint density at radius 1 is 0.577 bits per heavy atom. The first-order valence-corrected chi connectivity index (χ1v) is 10.6. The van der Waals surface area contributed by atoms with E-state index < -0.39 is 0 Å². The summed E-state index contributed by atoms with van der Waals surface area (Å²) in [5, 5.41) is 0. The maximum atomic E-state index is 12.3. The van der Waals surface area contributed by atoms with Crippen LogP contribution in [-0.2, 0) is 9.59 Å². The molecule has 0 bridgehead atoms. The van der Waals surface area contributed by atoms with Crippen LogP contribution in [0.5, 0.6) is 0 Å². The molecule has 0 aromatic rings. The quantitative estimate of drug-likeness (QED) is 0.675. The summed E-state index contributed by atoms with van der Waals surface area (Å²) >= 11 is 0. The van der Waals surface area contributed by atoms with Gasteiger partial charge in [-0.3, -0.25) is 9.59 Å². The van der Waals surface area contributed by atoms with Crippen LogP contribution >= 0.6 is 0 Å². The molecule has 0 radical (unpaired) electrons. The van der Waals surface area contributed by atoms with E-state index in [1.54, 1.807) is 12.2 Å². The van der Waals surface area contributed by atoms with E-state index in [-0.39, 0.29) is 11.8 Å². The summed E-state index contributed by atoms with van der Waals surface area (Å²) in [5.74, 6) is 1.14. The Bertz CT molecular complexity index is 472. The Labute approximate surface area is 158 Å². The molecule has 0 N–H and O–H groups in total. The van der Waals surface area contributed by atoms with E-state index >= 15 is 0 Å². The Balaban J connectivity index is 1.38. The standard InChI is InChI=1S/C22H34N2O2/c25-21(19-7-3-1-4-8-19)11-13-23-15-17-24(18-16-23)14-12-22(26)20-9-5-2-6-10-20/h11-14,19-20H,1-10,15-18H2/b13-11+,14-12+. The van der Waals surface area contributed by atoms with Crippen molar-refractivity contribution < 1.29 is 9.59 Å². The van der Waals surface area contributed by atoms with E-state index in [0.717, 1.165) is 51.9 Å². The number of hydrogen-bond donors (Lipinski definition) is 0. The van der Waals surface area contributed by atoms with Gasteiger partial charge in [-0.25, -0.2) is 0 Å². The van der Waals surface area contributed by atoms with Crippen molar-refractivity contribution in [3.63, 3.8) is 0 Å². The zero-order valence-electron chi connectivity index (χ0n) is 16.1. The molecule has 4 heteroatoms. The third-order valence-electron chi connectivity index (χ3n) is 6.26. The normalized spacial score (nSPS) is 23.8. The third-order valence-corrected chi connectivity index (χ3v) is 6.26. The highest BCUT2D eigenvalue weighted by Gasteiger charge is 2.20. The van der Waals surface area contributed by atoms with E-state index in [1.165, 1.54) is 38.5 Å². The van der Waals surface area contributed by atoms with Crippen LogP contribution in [0.3, 0.4) is 0 Å².